The first kappa shape index (κ1) is 24.5. The summed E-state index contributed by atoms with van der Waals surface area (Å²) in [6, 6.07) is 7.50. The molecule has 1 aliphatic heterocycles. The van der Waals surface area contributed by atoms with E-state index in [1.807, 2.05) is 49.9 Å². The van der Waals surface area contributed by atoms with Crippen LogP contribution in [0.15, 0.2) is 29.3 Å². The molecule has 28 heavy (non-hydrogen) atoms. The van der Waals surface area contributed by atoms with Crippen molar-refractivity contribution >= 4 is 35.8 Å². The van der Waals surface area contributed by atoms with E-state index >= 15 is 0 Å². The number of methoxy groups -OCH3 is 1. The van der Waals surface area contributed by atoms with Crippen molar-refractivity contribution in [2.45, 2.75) is 39.3 Å². The average Bonchev–Trinajstić information content (AvgIpc) is 3.13. The number of rotatable bonds is 7. The van der Waals surface area contributed by atoms with Crippen LogP contribution in [0.3, 0.4) is 0 Å². The molecule has 158 valence electrons. The van der Waals surface area contributed by atoms with E-state index in [1.54, 1.807) is 7.11 Å². The van der Waals surface area contributed by atoms with Gasteiger partial charge in [0.1, 0.15) is 5.75 Å². The molecule has 2 unspecified atom stereocenters. The third kappa shape index (κ3) is 7.12. The molecule has 1 aromatic carbocycles. The molecule has 0 bridgehead atoms. The third-order valence-electron chi connectivity index (χ3n) is 4.60. The molecule has 1 aliphatic rings. The maximum Gasteiger partial charge on any atom is 0.225 e. The minimum absolute atomic E-state index is 0. The van der Waals surface area contributed by atoms with Crippen molar-refractivity contribution in [3.63, 3.8) is 0 Å². The van der Waals surface area contributed by atoms with Gasteiger partial charge in [-0.2, -0.15) is 0 Å². The molecule has 0 aliphatic carbocycles. The van der Waals surface area contributed by atoms with Crippen molar-refractivity contribution in [2.75, 3.05) is 33.3 Å². The van der Waals surface area contributed by atoms with Crippen LogP contribution in [0.4, 0.5) is 0 Å². The fraction of sp³-hybridized carbons (Fsp3) is 0.600. The molecule has 0 aromatic heterocycles. The van der Waals surface area contributed by atoms with Crippen LogP contribution < -0.4 is 15.4 Å². The summed E-state index contributed by atoms with van der Waals surface area (Å²) < 4.78 is 5.14. The number of carbonyl (C=O) groups is 1. The maximum atomic E-state index is 12.1. The highest BCUT2D eigenvalue weighted by Gasteiger charge is 2.28. The van der Waals surface area contributed by atoms with Crippen LogP contribution in [0.25, 0.3) is 0 Å². The standard InChI is InChI=1S/C20H32N4O3.HI/c1-5-21-20(23-16-10-11-24(13-16)19(26)14(2)3)22-12-18(25)15-6-8-17(27-4)9-7-15;/h6-9,14,16,18,25H,5,10-13H2,1-4H3,(H2,21,22,23);1H. The quantitative estimate of drug-likeness (QED) is 0.301. The Morgan fingerprint density at radius 1 is 1.36 bits per heavy atom. The van der Waals surface area contributed by atoms with E-state index in [-0.39, 0.29) is 48.4 Å². The van der Waals surface area contributed by atoms with E-state index < -0.39 is 6.10 Å². The minimum atomic E-state index is -0.686. The maximum absolute atomic E-state index is 12.1. The lowest BCUT2D eigenvalue weighted by atomic mass is 10.1. The Kier molecular flexibility index (Phi) is 10.6. The molecule has 1 saturated heterocycles. The predicted molar refractivity (Wildman–Crippen MR) is 122 cm³/mol. The Labute approximate surface area is 185 Å². The van der Waals surface area contributed by atoms with Crippen molar-refractivity contribution in [3.05, 3.63) is 29.8 Å². The largest absolute Gasteiger partial charge is 0.497 e. The summed E-state index contributed by atoms with van der Waals surface area (Å²) >= 11 is 0. The van der Waals surface area contributed by atoms with Crippen LogP contribution in [-0.2, 0) is 4.79 Å². The van der Waals surface area contributed by atoms with E-state index in [0.717, 1.165) is 30.8 Å². The Balaban J connectivity index is 0.00000392. The Morgan fingerprint density at radius 3 is 2.61 bits per heavy atom. The molecular weight excluding hydrogens is 471 g/mol. The molecule has 7 nitrogen and oxygen atoms in total. The predicted octanol–water partition coefficient (Wildman–Crippen LogP) is 2.16. The van der Waals surface area contributed by atoms with Crippen LogP contribution >= 0.6 is 24.0 Å². The van der Waals surface area contributed by atoms with Crippen molar-refractivity contribution < 1.29 is 14.6 Å². The highest BCUT2D eigenvalue weighted by atomic mass is 127. The first-order chi connectivity index (χ1) is 12.9. The summed E-state index contributed by atoms with van der Waals surface area (Å²) in [7, 11) is 1.61. The number of aliphatic hydroxyl groups excluding tert-OH is 1. The monoisotopic (exact) mass is 504 g/mol. The lowest BCUT2D eigenvalue weighted by molar-refractivity contribution is -0.133. The second-order valence-electron chi connectivity index (χ2n) is 7.08. The van der Waals surface area contributed by atoms with Crippen LogP contribution in [0, 0.1) is 5.92 Å². The van der Waals surface area contributed by atoms with Crippen LogP contribution in [-0.4, -0.2) is 61.2 Å². The van der Waals surface area contributed by atoms with Gasteiger partial charge in [-0.1, -0.05) is 26.0 Å². The number of nitrogens with one attached hydrogen (secondary N) is 2. The minimum Gasteiger partial charge on any atom is -0.497 e. The lowest BCUT2D eigenvalue weighted by Crippen LogP contribution is -2.45. The van der Waals surface area contributed by atoms with Crippen LogP contribution in [0.5, 0.6) is 5.75 Å². The Bertz CT molecular complexity index is 637. The number of hydrogen-bond acceptors (Lipinski definition) is 4. The van der Waals surface area contributed by atoms with E-state index in [2.05, 4.69) is 15.6 Å². The second kappa shape index (κ2) is 12.1. The molecule has 8 heteroatoms. The highest BCUT2D eigenvalue weighted by Crippen LogP contribution is 2.18. The number of amides is 1. The summed E-state index contributed by atoms with van der Waals surface area (Å²) in [4.78, 5) is 18.5. The van der Waals surface area contributed by atoms with Gasteiger partial charge in [0.25, 0.3) is 0 Å². The number of benzene rings is 1. The molecular formula is C20H33IN4O3. The van der Waals surface area contributed by atoms with Crippen molar-refractivity contribution in [1.29, 1.82) is 0 Å². The second-order valence-corrected chi connectivity index (χ2v) is 7.08. The van der Waals surface area contributed by atoms with Crippen LogP contribution in [0.2, 0.25) is 0 Å². The summed E-state index contributed by atoms with van der Waals surface area (Å²) in [6.07, 6.45) is 0.207. The number of halogens is 1. The topological polar surface area (TPSA) is 86.2 Å². The Hall–Kier alpha value is -1.55. The lowest BCUT2D eigenvalue weighted by Gasteiger charge is -2.20. The van der Waals surface area contributed by atoms with Gasteiger partial charge in [0.05, 0.1) is 19.8 Å². The SMILES string of the molecule is CCNC(=NCC(O)c1ccc(OC)cc1)NC1CCN(C(=O)C(C)C)C1.I. The third-order valence-corrected chi connectivity index (χ3v) is 4.60. The number of hydrogen-bond donors (Lipinski definition) is 3. The highest BCUT2D eigenvalue weighted by molar-refractivity contribution is 14.0. The van der Waals surface area contributed by atoms with Gasteiger partial charge in [-0.3, -0.25) is 9.79 Å². The number of likely N-dealkylation sites (tertiary alicyclic amines) is 1. The molecule has 1 amide bonds. The molecule has 3 N–H and O–H groups in total. The first-order valence-corrected chi connectivity index (χ1v) is 9.60. The molecule has 0 saturated carbocycles. The van der Waals surface area contributed by atoms with Gasteiger partial charge >= 0.3 is 0 Å². The Morgan fingerprint density at radius 2 is 2.04 bits per heavy atom. The van der Waals surface area contributed by atoms with Gasteiger partial charge in [0, 0.05) is 31.6 Å². The molecule has 1 aromatic rings. The van der Waals surface area contributed by atoms with Crippen molar-refractivity contribution in [2.24, 2.45) is 10.9 Å². The van der Waals surface area contributed by atoms with Gasteiger partial charge in [-0.05, 0) is 31.0 Å². The van der Waals surface area contributed by atoms with E-state index in [4.69, 9.17) is 4.74 Å². The smallest absolute Gasteiger partial charge is 0.225 e. The van der Waals surface area contributed by atoms with Gasteiger partial charge in [0.2, 0.25) is 5.91 Å². The zero-order chi connectivity index (χ0) is 19.8. The van der Waals surface area contributed by atoms with E-state index in [1.165, 1.54) is 0 Å². The zero-order valence-electron chi connectivity index (χ0n) is 17.1. The fourth-order valence-electron chi connectivity index (χ4n) is 3.07. The molecule has 1 heterocycles. The normalized spacial score (nSPS) is 17.9. The summed E-state index contributed by atoms with van der Waals surface area (Å²) in [5, 5.41) is 17.0. The molecule has 0 spiro atoms. The average molecular weight is 504 g/mol. The summed E-state index contributed by atoms with van der Waals surface area (Å²) in [5.41, 5.74) is 0.796. The number of aliphatic hydroxyl groups is 1. The van der Waals surface area contributed by atoms with Crippen molar-refractivity contribution in [1.82, 2.24) is 15.5 Å². The number of carbonyl (C=O) groups excluding carboxylic acids is 1. The van der Waals surface area contributed by atoms with Gasteiger partial charge in [0.15, 0.2) is 5.96 Å². The molecule has 0 radical (unpaired) electrons. The van der Waals surface area contributed by atoms with Crippen molar-refractivity contribution in [3.8, 4) is 5.75 Å². The van der Waals surface area contributed by atoms with E-state index in [0.29, 0.717) is 12.5 Å². The number of aliphatic imine (C=N–C) groups is 1. The van der Waals surface area contributed by atoms with Gasteiger partial charge in [-0.15, -0.1) is 24.0 Å². The molecule has 2 rings (SSSR count). The number of ether oxygens (including phenoxy) is 1. The number of guanidine groups is 1. The van der Waals surface area contributed by atoms with Gasteiger partial charge in [-0.25, -0.2) is 0 Å². The molecule has 1 fully saturated rings. The molecule has 2 atom stereocenters. The summed E-state index contributed by atoms with van der Waals surface area (Å²) in [6.45, 7) is 8.28. The first-order valence-electron chi connectivity index (χ1n) is 9.60. The van der Waals surface area contributed by atoms with Gasteiger partial charge < -0.3 is 25.4 Å². The fourth-order valence-corrected chi connectivity index (χ4v) is 3.07. The zero-order valence-corrected chi connectivity index (χ0v) is 19.5. The van der Waals surface area contributed by atoms with E-state index in [9.17, 15) is 9.90 Å². The number of nitrogens with zero attached hydrogens (tertiary/aromatic N) is 2. The van der Waals surface area contributed by atoms with Crippen LogP contribution in [0.1, 0.15) is 38.9 Å². The summed E-state index contributed by atoms with van der Waals surface area (Å²) in [5.74, 6) is 1.63.